The van der Waals surface area contributed by atoms with E-state index in [1.165, 1.54) is 35.4 Å². The summed E-state index contributed by atoms with van der Waals surface area (Å²) in [4.78, 5) is 47.6. The van der Waals surface area contributed by atoms with Gasteiger partial charge in [0.2, 0.25) is 5.75 Å². The molecule has 0 aliphatic carbocycles. The van der Waals surface area contributed by atoms with E-state index in [4.69, 9.17) is 18.9 Å². The van der Waals surface area contributed by atoms with Crippen molar-refractivity contribution in [3.8, 4) is 17.2 Å². The number of nitrogens with one attached hydrogen (secondary N) is 1. The van der Waals surface area contributed by atoms with Gasteiger partial charge in [-0.05, 0) is 24.1 Å². The molecule has 2 rings (SSSR count). The van der Waals surface area contributed by atoms with Crippen LogP contribution in [0.25, 0.3) is 0 Å². The second-order valence-electron chi connectivity index (χ2n) is 6.51. The third-order valence-corrected chi connectivity index (χ3v) is 4.50. The number of carbonyl (C=O) groups is 2. The first-order valence-electron chi connectivity index (χ1n) is 9.23. The second kappa shape index (κ2) is 10.3. The monoisotopic (exact) mass is 435 g/mol. The van der Waals surface area contributed by atoms with Crippen LogP contribution in [-0.4, -0.2) is 48.9 Å². The minimum absolute atomic E-state index is 0.00609. The maximum atomic E-state index is 12.0. The molecule has 0 fully saturated rings. The van der Waals surface area contributed by atoms with Gasteiger partial charge in [-0.25, -0.2) is 4.79 Å². The third-order valence-electron chi connectivity index (χ3n) is 4.50. The Morgan fingerprint density at radius 2 is 1.55 bits per heavy atom. The summed E-state index contributed by atoms with van der Waals surface area (Å²) in [5.41, 5.74) is -0.406. The summed E-state index contributed by atoms with van der Waals surface area (Å²) in [5, 5.41) is 2.38. The van der Waals surface area contributed by atoms with Crippen LogP contribution in [-0.2, 0) is 34.8 Å². The number of hydrogen-bond donors (Lipinski definition) is 1. The van der Waals surface area contributed by atoms with Crippen molar-refractivity contribution in [2.45, 2.75) is 12.8 Å². The number of amides is 1. The van der Waals surface area contributed by atoms with Crippen molar-refractivity contribution in [1.29, 1.82) is 0 Å². The summed E-state index contributed by atoms with van der Waals surface area (Å²) in [6.07, 6.45) is 0.330. The number of aromatic nitrogens is 2. The molecule has 0 aliphatic rings. The molecule has 0 saturated carbocycles. The molecule has 0 radical (unpaired) electrons. The van der Waals surface area contributed by atoms with Gasteiger partial charge in [-0.3, -0.25) is 23.5 Å². The van der Waals surface area contributed by atoms with Gasteiger partial charge in [-0.1, -0.05) is 0 Å². The first-order chi connectivity index (χ1) is 14.7. The second-order valence-corrected chi connectivity index (χ2v) is 6.51. The highest BCUT2D eigenvalue weighted by molar-refractivity contribution is 5.92. The number of anilines is 1. The largest absolute Gasteiger partial charge is 0.493 e. The number of nitrogens with zero attached hydrogens (tertiary/aromatic N) is 2. The lowest BCUT2D eigenvalue weighted by Gasteiger charge is -2.14. The Morgan fingerprint density at radius 3 is 2.10 bits per heavy atom. The van der Waals surface area contributed by atoms with Crippen molar-refractivity contribution >= 4 is 17.7 Å². The van der Waals surface area contributed by atoms with Crippen LogP contribution in [0.3, 0.4) is 0 Å². The molecule has 11 nitrogen and oxygen atoms in total. The molecule has 0 unspecified atom stereocenters. The van der Waals surface area contributed by atoms with Crippen LogP contribution in [0.4, 0.5) is 5.82 Å². The average Bonchev–Trinajstić information content (AvgIpc) is 2.77. The van der Waals surface area contributed by atoms with Crippen LogP contribution in [0, 0.1) is 0 Å². The molecule has 0 atom stereocenters. The Kier molecular flexibility index (Phi) is 7.83. The van der Waals surface area contributed by atoms with Gasteiger partial charge in [0.25, 0.3) is 11.5 Å². The lowest BCUT2D eigenvalue weighted by atomic mass is 10.1. The highest BCUT2D eigenvalue weighted by atomic mass is 16.5. The van der Waals surface area contributed by atoms with Gasteiger partial charge in [0.15, 0.2) is 18.1 Å². The molecule has 0 aliphatic heterocycles. The molecule has 1 heterocycles. The topological polar surface area (TPSA) is 127 Å². The van der Waals surface area contributed by atoms with E-state index < -0.39 is 29.7 Å². The Labute approximate surface area is 178 Å². The maximum absolute atomic E-state index is 12.0. The predicted molar refractivity (Wildman–Crippen MR) is 111 cm³/mol. The van der Waals surface area contributed by atoms with Gasteiger partial charge in [0.1, 0.15) is 5.82 Å². The molecule has 2 aromatic rings. The standard InChI is InChI=1S/C20H25N3O8/c1-22-15(10-17(25)23(2)20(22)27)21-16(24)11-31-18(26)7-6-12-8-13(28-3)19(30-5)14(9-12)29-4/h8-10H,6-7,11H2,1-5H3,(H,21,24). The number of ether oxygens (including phenoxy) is 4. The average molecular weight is 435 g/mol. The number of methoxy groups -OCH3 is 3. The summed E-state index contributed by atoms with van der Waals surface area (Å²) in [5.74, 6) is 0.101. The van der Waals surface area contributed by atoms with Gasteiger partial charge in [-0.15, -0.1) is 0 Å². The fourth-order valence-electron chi connectivity index (χ4n) is 2.78. The SMILES string of the molecule is COc1cc(CCC(=O)OCC(=O)Nc2cc(=O)n(C)c(=O)n2C)cc(OC)c1OC. The van der Waals surface area contributed by atoms with Crippen molar-refractivity contribution < 1.29 is 28.5 Å². The summed E-state index contributed by atoms with van der Waals surface area (Å²) < 4.78 is 22.8. The van der Waals surface area contributed by atoms with Gasteiger partial charge in [-0.2, -0.15) is 0 Å². The zero-order valence-corrected chi connectivity index (χ0v) is 18.0. The lowest BCUT2D eigenvalue weighted by Crippen LogP contribution is -2.38. The van der Waals surface area contributed by atoms with Crippen molar-refractivity contribution in [3.05, 3.63) is 44.6 Å². The summed E-state index contributed by atoms with van der Waals surface area (Å²) in [6, 6.07) is 4.54. The van der Waals surface area contributed by atoms with Gasteiger partial charge >= 0.3 is 11.7 Å². The van der Waals surface area contributed by atoms with E-state index in [2.05, 4.69) is 5.32 Å². The fraction of sp³-hybridized carbons (Fsp3) is 0.400. The predicted octanol–water partition coefficient (Wildman–Crippen LogP) is 0.224. The van der Waals surface area contributed by atoms with Gasteiger partial charge in [0.05, 0.1) is 21.3 Å². The van der Waals surface area contributed by atoms with E-state index in [1.807, 2.05) is 0 Å². The zero-order chi connectivity index (χ0) is 23.1. The molecule has 31 heavy (non-hydrogen) atoms. The molecule has 0 spiro atoms. The summed E-state index contributed by atoms with van der Waals surface area (Å²) >= 11 is 0. The van der Waals surface area contributed by atoms with E-state index in [9.17, 15) is 19.2 Å². The smallest absolute Gasteiger partial charge is 0.332 e. The van der Waals surface area contributed by atoms with Gasteiger partial charge < -0.3 is 24.3 Å². The first-order valence-corrected chi connectivity index (χ1v) is 9.23. The normalized spacial score (nSPS) is 10.4. The van der Waals surface area contributed by atoms with Crippen LogP contribution >= 0.6 is 0 Å². The molecule has 1 N–H and O–H groups in total. The number of benzene rings is 1. The van der Waals surface area contributed by atoms with Crippen molar-refractivity contribution in [2.24, 2.45) is 14.1 Å². The number of carbonyl (C=O) groups excluding carboxylic acids is 2. The van der Waals surface area contributed by atoms with E-state index in [0.29, 0.717) is 23.7 Å². The molecule has 1 aromatic carbocycles. The minimum Gasteiger partial charge on any atom is -0.493 e. The third kappa shape index (κ3) is 5.65. The Bertz CT molecular complexity index is 1060. The highest BCUT2D eigenvalue weighted by Gasteiger charge is 2.15. The highest BCUT2D eigenvalue weighted by Crippen LogP contribution is 2.38. The molecule has 11 heteroatoms. The van der Waals surface area contributed by atoms with Gasteiger partial charge in [0, 0.05) is 26.6 Å². The van der Waals surface area contributed by atoms with E-state index in [0.717, 1.165) is 20.8 Å². The molecule has 1 aromatic heterocycles. The zero-order valence-electron chi connectivity index (χ0n) is 18.0. The Hall–Kier alpha value is -3.76. The first kappa shape index (κ1) is 23.5. The molecule has 0 saturated heterocycles. The van der Waals surface area contributed by atoms with Crippen molar-refractivity contribution in [2.75, 3.05) is 33.3 Å². The number of hydrogen-bond acceptors (Lipinski definition) is 8. The molecule has 0 bridgehead atoms. The number of rotatable bonds is 9. The summed E-state index contributed by atoms with van der Waals surface area (Å²) in [6.45, 7) is -0.558. The van der Waals surface area contributed by atoms with E-state index in [1.54, 1.807) is 12.1 Å². The van der Waals surface area contributed by atoms with Crippen LogP contribution in [0.2, 0.25) is 0 Å². The summed E-state index contributed by atoms with van der Waals surface area (Å²) in [7, 11) is 7.21. The van der Waals surface area contributed by atoms with E-state index in [-0.39, 0.29) is 12.2 Å². The molecular weight excluding hydrogens is 410 g/mol. The van der Waals surface area contributed by atoms with Crippen molar-refractivity contribution in [1.82, 2.24) is 9.13 Å². The number of aryl methyl sites for hydroxylation is 1. The fourth-order valence-corrected chi connectivity index (χ4v) is 2.78. The van der Waals surface area contributed by atoms with Crippen LogP contribution in [0.15, 0.2) is 27.8 Å². The van der Waals surface area contributed by atoms with Crippen molar-refractivity contribution in [3.63, 3.8) is 0 Å². The Balaban J connectivity index is 1.94. The Morgan fingerprint density at radius 1 is 0.935 bits per heavy atom. The molecule has 1 amide bonds. The molecular formula is C20H25N3O8. The quantitative estimate of drug-likeness (QED) is 0.555. The minimum atomic E-state index is -0.676. The molecule has 168 valence electrons. The lowest BCUT2D eigenvalue weighted by molar-refractivity contribution is -0.147. The van der Waals surface area contributed by atoms with Crippen LogP contribution < -0.4 is 30.8 Å². The number of esters is 1. The van der Waals surface area contributed by atoms with E-state index >= 15 is 0 Å². The van der Waals surface area contributed by atoms with Crippen LogP contribution in [0.5, 0.6) is 17.2 Å². The maximum Gasteiger partial charge on any atom is 0.332 e. The van der Waals surface area contributed by atoms with Crippen LogP contribution in [0.1, 0.15) is 12.0 Å².